The van der Waals surface area contributed by atoms with Crippen molar-refractivity contribution in [2.75, 3.05) is 6.61 Å². The van der Waals surface area contributed by atoms with Crippen molar-refractivity contribution in [3.8, 4) is 17.0 Å². The van der Waals surface area contributed by atoms with E-state index in [2.05, 4.69) is 48.2 Å². The molecule has 2 N–H and O–H groups in total. The number of imidazole rings is 1. The highest BCUT2D eigenvalue weighted by Gasteiger charge is 2.05. The first-order valence-electron chi connectivity index (χ1n) is 7.73. The Morgan fingerprint density at radius 3 is 2.67 bits per heavy atom. The number of nitrogens with zero attached hydrogens (tertiary/aromatic N) is 1. The van der Waals surface area contributed by atoms with Crippen LogP contribution in [0.1, 0.15) is 39.4 Å². The van der Waals surface area contributed by atoms with Crippen LogP contribution < -0.4 is 10.1 Å². The van der Waals surface area contributed by atoms with E-state index in [4.69, 9.17) is 4.74 Å². The van der Waals surface area contributed by atoms with E-state index in [1.165, 1.54) is 0 Å². The standard InChI is InChI=1S/C17H25N3O/c1-4-10-21-15-8-6-14(7-9-15)16-11-19-17(20-16)12-18-13(3)5-2/h6-9,11,13,18H,4-5,10,12H2,1-3H3,(H,19,20). The molecule has 0 saturated heterocycles. The van der Waals surface area contributed by atoms with Crippen LogP contribution in [0.5, 0.6) is 5.75 Å². The minimum absolute atomic E-state index is 0.508. The normalized spacial score (nSPS) is 12.3. The zero-order valence-corrected chi connectivity index (χ0v) is 13.1. The van der Waals surface area contributed by atoms with E-state index in [0.717, 1.165) is 48.8 Å². The Balaban J connectivity index is 1.97. The number of aromatic nitrogens is 2. The van der Waals surface area contributed by atoms with E-state index < -0.39 is 0 Å². The van der Waals surface area contributed by atoms with E-state index in [0.29, 0.717) is 6.04 Å². The molecule has 1 aromatic carbocycles. The van der Waals surface area contributed by atoms with E-state index in [-0.39, 0.29) is 0 Å². The summed E-state index contributed by atoms with van der Waals surface area (Å²) in [6.45, 7) is 7.99. The third kappa shape index (κ3) is 4.60. The average molecular weight is 287 g/mol. The second kappa shape index (κ2) is 7.84. The predicted molar refractivity (Wildman–Crippen MR) is 86.4 cm³/mol. The van der Waals surface area contributed by atoms with Gasteiger partial charge >= 0.3 is 0 Å². The van der Waals surface area contributed by atoms with Crippen LogP contribution in [0.25, 0.3) is 11.3 Å². The van der Waals surface area contributed by atoms with Crippen LogP contribution in [0.15, 0.2) is 30.5 Å². The molecule has 0 aliphatic heterocycles. The number of hydrogen-bond donors (Lipinski definition) is 2. The van der Waals surface area contributed by atoms with Crippen molar-refractivity contribution >= 4 is 0 Å². The maximum absolute atomic E-state index is 5.59. The van der Waals surface area contributed by atoms with Gasteiger partial charge in [-0.3, -0.25) is 0 Å². The molecule has 0 saturated carbocycles. The zero-order chi connectivity index (χ0) is 15.1. The summed E-state index contributed by atoms with van der Waals surface area (Å²) in [7, 11) is 0. The van der Waals surface area contributed by atoms with Crippen molar-refractivity contribution in [3.63, 3.8) is 0 Å². The van der Waals surface area contributed by atoms with Crippen molar-refractivity contribution in [2.45, 2.75) is 46.2 Å². The van der Waals surface area contributed by atoms with Gasteiger partial charge in [0, 0.05) is 6.04 Å². The van der Waals surface area contributed by atoms with Gasteiger partial charge in [0.2, 0.25) is 0 Å². The lowest BCUT2D eigenvalue weighted by Crippen LogP contribution is -2.24. The highest BCUT2D eigenvalue weighted by molar-refractivity contribution is 5.59. The molecule has 0 fully saturated rings. The first kappa shape index (κ1) is 15.6. The molecule has 4 nitrogen and oxygen atoms in total. The van der Waals surface area contributed by atoms with Crippen molar-refractivity contribution < 1.29 is 4.74 Å². The Labute approximate surface area is 127 Å². The minimum atomic E-state index is 0.508. The average Bonchev–Trinajstić information content (AvgIpc) is 3.00. The summed E-state index contributed by atoms with van der Waals surface area (Å²) < 4.78 is 5.59. The van der Waals surface area contributed by atoms with Gasteiger partial charge in [-0.2, -0.15) is 0 Å². The van der Waals surface area contributed by atoms with Gasteiger partial charge in [0.15, 0.2) is 0 Å². The zero-order valence-electron chi connectivity index (χ0n) is 13.1. The van der Waals surface area contributed by atoms with Crippen LogP contribution in [0.2, 0.25) is 0 Å². The Morgan fingerprint density at radius 1 is 1.24 bits per heavy atom. The van der Waals surface area contributed by atoms with Gasteiger partial charge < -0.3 is 15.0 Å². The van der Waals surface area contributed by atoms with Crippen molar-refractivity contribution in [1.29, 1.82) is 0 Å². The molecule has 2 rings (SSSR count). The highest BCUT2D eigenvalue weighted by atomic mass is 16.5. The second-order valence-corrected chi connectivity index (χ2v) is 5.31. The number of H-pyrrole nitrogens is 1. The molecule has 0 aliphatic rings. The summed E-state index contributed by atoms with van der Waals surface area (Å²) in [5.41, 5.74) is 2.17. The maximum atomic E-state index is 5.59. The minimum Gasteiger partial charge on any atom is -0.494 e. The topological polar surface area (TPSA) is 49.9 Å². The first-order valence-corrected chi connectivity index (χ1v) is 7.73. The number of hydrogen-bond acceptors (Lipinski definition) is 3. The molecule has 114 valence electrons. The third-order valence-electron chi connectivity index (χ3n) is 3.50. The molecule has 2 aromatic rings. The Morgan fingerprint density at radius 2 is 2.00 bits per heavy atom. The molecule has 0 spiro atoms. The van der Waals surface area contributed by atoms with Gasteiger partial charge in [-0.1, -0.05) is 13.8 Å². The van der Waals surface area contributed by atoms with E-state index in [9.17, 15) is 0 Å². The summed E-state index contributed by atoms with van der Waals surface area (Å²) >= 11 is 0. The SMILES string of the molecule is CCCOc1ccc(-c2cnc(CNC(C)CC)[nH]2)cc1. The highest BCUT2D eigenvalue weighted by Crippen LogP contribution is 2.21. The molecule has 1 atom stereocenters. The Hall–Kier alpha value is -1.81. The lowest BCUT2D eigenvalue weighted by atomic mass is 10.2. The van der Waals surface area contributed by atoms with E-state index in [1.54, 1.807) is 0 Å². The first-order chi connectivity index (χ1) is 10.2. The van der Waals surface area contributed by atoms with Gasteiger partial charge in [0.1, 0.15) is 11.6 Å². The smallest absolute Gasteiger partial charge is 0.120 e. The number of nitrogens with one attached hydrogen (secondary N) is 2. The van der Waals surface area contributed by atoms with Crippen LogP contribution in [-0.4, -0.2) is 22.6 Å². The quantitative estimate of drug-likeness (QED) is 0.777. The lowest BCUT2D eigenvalue weighted by Gasteiger charge is -2.09. The molecule has 1 aromatic heterocycles. The number of benzene rings is 1. The summed E-state index contributed by atoms with van der Waals surface area (Å²) in [5, 5.41) is 3.43. The molecule has 1 unspecified atom stereocenters. The van der Waals surface area contributed by atoms with Gasteiger partial charge in [0.05, 0.1) is 25.0 Å². The Kier molecular flexibility index (Phi) is 5.81. The van der Waals surface area contributed by atoms with E-state index >= 15 is 0 Å². The monoisotopic (exact) mass is 287 g/mol. The lowest BCUT2D eigenvalue weighted by molar-refractivity contribution is 0.317. The van der Waals surface area contributed by atoms with Crippen molar-refractivity contribution in [1.82, 2.24) is 15.3 Å². The molecule has 0 radical (unpaired) electrons. The van der Waals surface area contributed by atoms with Crippen LogP contribution in [0.3, 0.4) is 0 Å². The fourth-order valence-electron chi connectivity index (χ4n) is 1.96. The summed E-state index contributed by atoms with van der Waals surface area (Å²) in [5.74, 6) is 1.88. The predicted octanol–water partition coefficient (Wildman–Crippen LogP) is 3.75. The van der Waals surface area contributed by atoms with Gasteiger partial charge in [-0.15, -0.1) is 0 Å². The van der Waals surface area contributed by atoms with Crippen LogP contribution in [0.4, 0.5) is 0 Å². The molecule has 0 bridgehead atoms. The molecule has 4 heteroatoms. The van der Waals surface area contributed by atoms with Gasteiger partial charge in [0.25, 0.3) is 0 Å². The van der Waals surface area contributed by atoms with Crippen LogP contribution in [0, 0.1) is 0 Å². The molecule has 0 aliphatic carbocycles. The fourth-order valence-corrected chi connectivity index (χ4v) is 1.96. The van der Waals surface area contributed by atoms with Crippen molar-refractivity contribution in [3.05, 3.63) is 36.3 Å². The summed E-state index contributed by atoms with van der Waals surface area (Å²) in [6.07, 6.45) is 4.02. The maximum Gasteiger partial charge on any atom is 0.120 e. The number of rotatable bonds is 8. The molecular weight excluding hydrogens is 262 g/mol. The summed E-state index contributed by atoms with van der Waals surface area (Å²) in [4.78, 5) is 7.78. The van der Waals surface area contributed by atoms with E-state index in [1.807, 2.05) is 18.3 Å². The van der Waals surface area contributed by atoms with Crippen LogP contribution >= 0.6 is 0 Å². The van der Waals surface area contributed by atoms with Crippen molar-refractivity contribution in [2.24, 2.45) is 0 Å². The van der Waals surface area contributed by atoms with Crippen LogP contribution in [-0.2, 0) is 6.54 Å². The molecular formula is C17H25N3O. The molecule has 0 amide bonds. The molecule has 21 heavy (non-hydrogen) atoms. The second-order valence-electron chi connectivity index (χ2n) is 5.31. The largest absolute Gasteiger partial charge is 0.494 e. The summed E-state index contributed by atoms with van der Waals surface area (Å²) in [6, 6.07) is 8.63. The van der Waals surface area contributed by atoms with Gasteiger partial charge in [-0.25, -0.2) is 4.98 Å². The molecule has 1 heterocycles. The third-order valence-corrected chi connectivity index (χ3v) is 3.50. The fraction of sp³-hybridized carbons (Fsp3) is 0.471. The number of ether oxygens (including phenoxy) is 1. The van der Waals surface area contributed by atoms with Gasteiger partial charge in [-0.05, 0) is 49.6 Å². The number of aromatic amines is 1. The Bertz CT molecular complexity index is 533.